The highest BCUT2D eigenvalue weighted by atomic mass is 16.4. The second-order valence-corrected chi connectivity index (χ2v) is 3.58. The molecule has 1 aromatic rings. The predicted molar refractivity (Wildman–Crippen MR) is 51.9 cm³/mol. The molecule has 0 aliphatic carbocycles. The summed E-state index contributed by atoms with van der Waals surface area (Å²) in [6.07, 6.45) is 1.59. The van der Waals surface area contributed by atoms with Crippen molar-refractivity contribution >= 4 is 5.97 Å². The van der Waals surface area contributed by atoms with Gasteiger partial charge in [0.25, 0.3) is 0 Å². The Labute approximate surface area is 82.3 Å². The molecule has 5 heteroatoms. The Morgan fingerprint density at radius 1 is 1.71 bits per heavy atom. The van der Waals surface area contributed by atoms with Gasteiger partial charge in [0.2, 0.25) is 0 Å². The minimum atomic E-state index is -0.917. The van der Waals surface area contributed by atoms with Crippen molar-refractivity contribution in [2.75, 3.05) is 0 Å². The normalized spacial score (nSPS) is 13.1. The number of nitrogens with one attached hydrogen (secondary N) is 1. The van der Waals surface area contributed by atoms with Gasteiger partial charge in [-0.2, -0.15) is 0 Å². The summed E-state index contributed by atoms with van der Waals surface area (Å²) >= 11 is 0. The first kappa shape index (κ1) is 10.7. The van der Waals surface area contributed by atoms with Crippen LogP contribution in [-0.2, 0) is 4.79 Å². The molecular weight excluding hydrogens is 182 g/mol. The lowest BCUT2D eigenvalue weighted by Crippen LogP contribution is -2.16. The van der Waals surface area contributed by atoms with E-state index in [0.717, 1.165) is 5.69 Å². The Hall–Kier alpha value is -1.36. The van der Waals surface area contributed by atoms with Gasteiger partial charge in [-0.1, -0.05) is 13.8 Å². The summed E-state index contributed by atoms with van der Waals surface area (Å²) in [7, 11) is 0. The van der Waals surface area contributed by atoms with E-state index in [0.29, 0.717) is 11.7 Å². The lowest BCUT2D eigenvalue weighted by atomic mass is 10.1. The van der Waals surface area contributed by atoms with Crippen LogP contribution in [0, 0.1) is 0 Å². The maximum Gasteiger partial charge on any atom is 0.305 e. The van der Waals surface area contributed by atoms with Crippen LogP contribution in [0.4, 0.5) is 0 Å². The van der Waals surface area contributed by atoms with E-state index < -0.39 is 12.0 Å². The molecule has 1 heterocycles. The van der Waals surface area contributed by atoms with Crippen molar-refractivity contribution < 1.29 is 9.90 Å². The number of aliphatic carboxylic acids is 1. The second-order valence-electron chi connectivity index (χ2n) is 3.58. The molecule has 1 aromatic heterocycles. The Bertz CT molecular complexity index is 320. The van der Waals surface area contributed by atoms with E-state index in [1.807, 2.05) is 13.8 Å². The molecule has 5 nitrogen and oxygen atoms in total. The Balaban J connectivity index is 2.71. The van der Waals surface area contributed by atoms with Crippen molar-refractivity contribution in [3.8, 4) is 0 Å². The Morgan fingerprint density at radius 3 is 2.79 bits per heavy atom. The smallest absolute Gasteiger partial charge is 0.305 e. The number of carboxylic acid groups (broad SMARTS) is 1. The zero-order valence-corrected chi connectivity index (χ0v) is 8.32. The molecule has 0 amide bonds. The molecule has 14 heavy (non-hydrogen) atoms. The maximum atomic E-state index is 10.4. The first-order chi connectivity index (χ1) is 6.50. The summed E-state index contributed by atoms with van der Waals surface area (Å²) in [5.41, 5.74) is 6.61. The lowest BCUT2D eigenvalue weighted by Gasteiger charge is -2.05. The average molecular weight is 197 g/mol. The largest absolute Gasteiger partial charge is 0.481 e. The summed E-state index contributed by atoms with van der Waals surface area (Å²) in [6.45, 7) is 4.06. The molecule has 0 aliphatic rings. The highest BCUT2D eigenvalue weighted by Crippen LogP contribution is 2.15. The van der Waals surface area contributed by atoms with Crippen LogP contribution in [-0.4, -0.2) is 21.0 Å². The number of carboxylic acids is 1. The van der Waals surface area contributed by atoms with E-state index in [-0.39, 0.29) is 6.42 Å². The molecule has 0 aromatic carbocycles. The molecule has 1 rings (SSSR count). The van der Waals surface area contributed by atoms with E-state index in [4.69, 9.17) is 10.8 Å². The van der Waals surface area contributed by atoms with Crippen LogP contribution in [0.5, 0.6) is 0 Å². The highest BCUT2D eigenvalue weighted by Gasteiger charge is 2.14. The van der Waals surface area contributed by atoms with E-state index in [1.165, 1.54) is 0 Å². The van der Waals surface area contributed by atoms with Gasteiger partial charge in [-0.3, -0.25) is 4.79 Å². The number of nitrogens with zero attached hydrogens (tertiary/aromatic N) is 1. The van der Waals surface area contributed by atoms with Gasteiger partial charge in [-0.05, 0) is 5.92 Å². The van der Waals surface area contributed by atoms with Crippen LogP contribution in [0.2, 0.25) is 0 Å². The first-order valence-corrected chi connectivity index (χ1v) is 4.53. The van der Waals surface area contributed by atoms with Crippen molar-refractivity contribution in [2.24, 2.45) is 5.73 Å². The van der Waals surface area contributed by atoms with Gasteiger partial charge in [-0.25, -0.2) is 4.98 Å². The molecular formula is C9H15N3O2. The summed E-state index contributed by atoms with van der Waals surface area (Å²) in [5, 5.41) is 8.54. The van der Waals surface area contributed by atoms with Gasteiger partial charge in [0, 0.05) is 11.9 Å². The quantitative estimate of drug-likeness (QED) is 0.671. The van der Waals surface area contributed by atoms with Crippen LogP contribution >= 0.6 is 0 Å². The number of imidazole rings is 1. The van der Waals surface area contributed by atoms with Crippen LogP contribution in [0.3, 0.4) is 0 Å². The zero-order chi connectivity index (χ0) is 10.7. The third-order valence-electron chi connectivity index (χ3n) is 1.98. The SMILES string of the molecule is CC(C)c1cnc(C(N)CC(=O)O)[nH]1. The number of carbonyl (C=O) groups is 1. The van der Waals surface area contributed by atoms with Gasteiger partial charge in [-0.15, -0.1) is 0 Å². The second kappa shape index (κ2) is 4.23. The minimum Gasteiger partial charge on any atom is -0.481 e. The maximum absolute atomic E-state index is 10.4. The van der Waals surface area contributed by atoms with E-state index in [9.17, 15) is 4.79 Å². The molecule has 0 saturated carbocycles. The molecule has 1 unspecified atom stereocenters. The molecule has 0 fully saturated rings. The number of nitrogens with two attached hydrogens (primary N) is 1. The fourth-order valence-corrected chi connectivity index (χ4v) is 1.12. The fraction of sp³-hybridized carbons (Fsp3) is 0.556. The molecule has 0 radical (unpaired) electrons. The van der Waals surface area contributed by atoms with E-state index in [2.05, 4.69) is 9.97 Å². The predicted octanol–water partition coefficient (Wildman–Crippen LogP) is 1.01. The van der Waals surface area contributed by atoms with E-state index in [1.54, 1.807) is 6.20 Å². The van der Waals surface area contributed by atoms with Crippen LogP contribution in [0.1, 0.15) is 43.7 Å². The zero-order valence-electron chi connectivity index (χ0n) is 8.32. The molecule has 78 valence electrons. The van der Waals surface area contributed by atoms with Crippen LogP contribution in [0.15, 0.2) is 6.20 Å². The van der Waals surface area contributed by atoms with Crippen molar-refractivity contribution in [1.82, 2.24) is 9.97 Å². The third kappa shape index (κ3) is 2.56. The summed E-state index contributed by atoms with van der Waals surface area (Å²) in [5.74, 6) is -0.0376. The first-order valence-electron chi connectivity index (χ1n) is 4.53. The van der Waals surface area contributed by atoms with Crippen LogP contribution in [0.25, 0.3) is 0 Å². The Kier molecular flexibility index (Phi) is 3.24. The third-order valence-corrected chi connectivity index (χ3v) is 1.98. The fourth-order valence-electron chi connectivity index (χ4n) is 1.12. The number of hydrogen-bond donors (Lipinski definition) is 3. The highest BCUT2D eigenvalue weighted by molar-refractivity contribution is 5.67. The lowest BCUT2D eigenvalue weighted by molar-refractivity contribution is -0.137. The Morgan fingerprint density at radius 2 is 2.36 bits per heavy atom. The summed E-state index contributed by atoms with van der Waals surface area (Å²) in [6, 6.07) is -0.556. The van der Waals surface area contributed by atoms with Gasteiger partial charge in [0.1, 0.15) is 5.82 Å². The summed E-state index contributed by atoms with van der Waals surface area (Å²) < 4.78 is 0. The number of hydrogen-bond acceptors (Lipinski definition) is 3. The monoisotopic (exact) mass is 197 g/mol. The number of rotatable bonds is 4. The van der Waals surface area contributed by atoms with Crippen molar-refractivity contribution in [3.05, 3.63) is 17.7 Å². The van der Waals surface area contributed by atoms with E-state index >= 15 is 0 Å². The molecule has 0 saturated heterocycles. The van der Waals surface area contributed by atoms with Gasteiger partial charge >= 0.3 is 5.97 Å². The summed E-state index contributed by atoms with van der Waals surface area (Å²) in [4.78, 5) is 17.5. The van der Waals surface area contributed by atoms with Gasteiger partial charge in [0.15, 0.2) is 0 Å². The molecule has 4 N–H and O–H groups in total. The van der Waals surface area contributed by atoms with Crippen molar-refractivity contribution in [2.45, 2.75) is 32.2 Å². The number of H-pyrrole nitrogens is 1. The van der Waals surface area contributed by atoms with Crippen molar-refractivity contribution in [3.63, 3.8) is 0 Å². The minimum absolute atomic E-state index is 0.106. The number of aromatic nitrogens is 2. The van der Waals surface area contributed by atoms with Gasteiger partial charge in [0.05, 0.1) is 12.5 Å². The standard InChI is InChI=1S/C9H15N3O2/c1-5(2)7-4-11-9(12-7)6(10)3-8(13)14/h4-6H,3,10H2,1-2H3,(H,11,12)(H,13,14). The topological polar surface area (TPSA) is 92.0 Å². The molecule has 0 aliphatic heterocycles. The molecule has 1 atom stereocenters. The molecule has 0 spiro atoms. The molecule has 0 bridgehead atoms. The van der Waals surface area contributed by atoms with Crippen molar-refractivity contribution in [1.29, 1.82) is 0 Å². The average Bonchev–Trinajstić information content (AvgIpc) is 2.50. The van der Waals surface area contributed by atoms with Gasteiger partial charge < -0.3 is 15.8 Å². The number of aromatic amines is 1. The van der Waals surface area contributed by atoms with Crippen LogP contribution < -0.4 is 5.73 Å².